The minimum absolute atomic E-state index is 0.0863. The van der Waals surface area contributed by atoms with Gasteiger partial charge in [-0.1, -0.05) is 58.9 Å². The van der Waals surface area contributed by atoms with Crippen LogP contribution >= 0.6 is 0 Å². The summed E-state index contributed by atoms with van der Waals surface area (Å²) in [6.45, 7) is 11.2. The summed E-state index contributed by atoms with van der Waals surface area (Å²) in [4.78, 5) is 11.6. The van der Waals surface area contributed by atoms with Gasteiger partial charge < -0.3 is 9.53 Å². The number of carboxylic acids is 1. The molecule has 128 valence electrons. The predicted molar refractivity (Wildman–Crippen MR) is 96.6 cm³/mol. The Morgan fingerprint density at radius 1 is 1.00 bits per heavy atom. The quantitative estimate of drug-likeness (QED) is 0.393. The van der Waals surface area contributed by atoms with E-state index in [1.54, 1.807) is 0 Å². The van der Waals surface area contributed by atoms with Gasteiger partial charge in [0.25, 0.3) is 0 Å². The van der Waals surface area contributed by atoms with Crippen molar-refractivity contribution in [1.82, 2.24) is 0 Å². The topological polar surface area (TPSA) is 46.5 Å². The minimum atomic E-state index is -1.68. The third-order valence-corrected chi connectivity index (χ3v) is 9.10. The number of hydrogen-bond acceptors (Lipinski definition) is 2. The van der Waals surface area contributed by atoms with E-state index in [0.29, 0.717) is 6.61 Å². The van der Waals surface area contributed by atoms with Gasteiger partial charge in [-0.15, -0.1) is 0 Å². The molecule has 4 heteroatoms. The lowest BCUT2D eigenvalue weighted by atomic mass is 9.91. The van der Waals surface area contributed by atoms with Gasteiger partial charge in [-0.25, -0.2) is 0 Å². The Bertz CT molecular complexity index is 351. The van der Waals surface area contributed by atoms with Gasteiger partial charge in [0, 0.05) is 12.5 Å². The van der Waals surface area contributed by atoms with Crippen LogP contribution in [0.1, 0.15) is 47.5 Å². The van der Waals surface area contributed by atoms with Crippen molar-refractivity contribution in [2.24, 2.45) is 11.8 Å². The molecule has 2 atom stereocenters. The first-order chi connectivity index (χ1) is 10.5. The van der Waals surface area contributed by atoms with Crippen molar-refractivity contribution in [3.05, 3.63) is 24.3 Å². The molecule has 0 saturated carbocycles. The molecule has 0 rings (SSSR count). The molecule has 0 aromatic heterocycles. The van der Waals surface area contributed by atoms with Crippen molar-refractivity contribution < 1.29 is 14.3 Å². The van der Waals surface area contributed by atoms with Crippen LogP contribution in [0.4, 0.5) is 0 Å². The van der Waals surface area contributed by atoms with E-state index in [1.165, 1.54) is 0 Å². The van der Waals surface area contributed by atoms with E-state index in [-0.39, 0.29) is 5.92 Å². The Labute approximate surface area is 137 Å². The fourth-order valence-corrected chi connectivity index (χ4v) is 5.27. The van der Waals surface area contributed by atoms with Crippen LogP contribution in [-0.2, 0) is 9.22 Å². The van der Waals surface area contributed by atoms with E-state index in [2.05, 4.69) is 33.8 Å². The van der Waals surface area contributed by atoms with Gasteiger partial charge in [-0.3, -0.25) is 4.79 Å². The third kappa shape index (κ3) is 6.92. The lowest BCUT2D eigenvalue weighted by molar-refractivity contribution is -0.141. The predicted octanol–water partition coefficient (Wildman–Crippen LogP) is 5.26. The fourth-order valence-electron chi connectivity index (χ4n) is 2.61. The molecule has 0 aliphatic heterocycles. The van der Waals surface area contributed by atoms with Crippen LogP contribution in [0.3, 0.4) is 0 Å². The van der Waals surface area contributed by atoms with Crippen LogP contribution in [0.25, 0.3) is 0 Å². The van der Waals surface area contributed by atoms with Crippen LogP contribution in [0.5, 0.6) is 0 Å². The molecular weight excluding hydrogens is 292 g/mol. The fraction of sp³-hybridized carbons (Fsp3) is 0.722. The van der Waals surface area contributed by atoms with Crippen LogP contribution in [0, 0.1) is 11.8 Å². The molecule has 0 bridgehead atoms. The second-order valence-electron chi connectivity index (χ2n) is 5.76. The standard InChI is InChI=1S/C18H34O3Si/c1-6-11-13-16(17(18(19)20)14-12-7-2)15-21-22(8-3,9-4)10-5/h11-14,16-17H,6-10,15H2,1-5H3,(H,19,20)/b13-11+,14-12+. The summed E-state index contributed by atoms with van der Waals surface area (Å²) >= 11 is 0. The molecule has 0 heterocycles. The molecule has 0 aromatic carbocycles. The number of hydrogen-bond donors (Lipinski definition) is 1. The normalized spacial score (nSPS) is 15.5. The minimum Gasteiger partial charge on any atom is -0.481 e. The van der Waals surface area contributed by atoms with E-state index in [0.717, 1.165) is 31.0 Å². The largest absolute Gasteiger partial charge is 0.481 e. The summed E-state index contributed by atoms with van der Waals surface area (Å²) in [5.74, 6) is -1.35. The molecular formula is C18H34O3Si. The van der Waals surface area contributed by atoms with E-state index in [1.807, 2.05) is 25.2 Å². The van der Waals surface area contributed by atoms with Crippen LogP contribution in [-0.4, -0.2) is 26.0 Å². The molecule has 0 saturated heterocycles. The molecule has 0 radical (unpaired) electrons. The van der Waals surface area contributed by atoms with Gasteiger partial charge in [0.2, 0.25) is 0 Å². The number of carbonyl (C=O) groups is 1. The highest BCUT2D eigenvalue weighted by molar-refractivity contribution is 6.73. The second kappa shape index (κ2) is 11.7. The molecule has 0 amide bonds. The molecule has 0 aliphatic rings. The highest BCUT2D eigenvalue weighted by Gasteiger charge is 2.31. The van der Waals surface area contributed by atoms with Crippen molar-refractivity contribution in [3.63, 3.8) is 0 Å². The van der Waals surface area contributed by atoms with E-state index >= 15 is 0 Å². The molecule has 22 heavy (non-hydrogen) atoms. The summed E-state index contributed by atoms with van der Waals surface area (Å²) in [7, 11) is -1.68. The molecule has 0 aliphatic carbocycles. The first kappa shape index (κ1) is 21.1. The van der Waals surface area contributed by atoms with Crippen molar-refractivity contribution >= 4 is 14.3 Å². The van der Waals surface area contributed by atoms with Crippen LogP contribution in [0.2, 0.25) is 18.1 Å². The Balaban J connectivity index is 5.14. The zero-order chi connectivity index (χ0) is 17.0. The average molecular weight is 327 g/mol. The number of carboxylic acid groups (broad SMARTS) is 1. The summed E-state index contributed by atoms with van der Waals surface area (Å²) in [5, 5.41) is 9.54. The third-order valence-electron chi connectivity index (χ3n) is 4.46. The smallest absolute Gasteiger partial charge is 0.311 e. The molecule has 1 N–H and O–H groups in total. The maximum Gasteiger partial charge on any atom is 0.311 e. The first-order valence-electron chi connectivity index (χ1n) is 8.70. The number of rotatable bonds is 12. The van der Waals surface area contributed by atoms with Gasteiger partial charge in [-0.05, 0) is 31.0 Å². The monoisotopic (exact) mass is 326 g/mol. The Morgan fingerprint density at radius 2 is 1.50 bits per heavy atom. The number of aliphatic carboxylic acids is 1. The summed E-state index contributed by atoms with van der Waals surface area (Å²) in [6.07, 6.45) is 9.61. The van der Waals surface area contributed by atoms with Crippen molar-refractivity contribution in [1.29, 1.82) is 0 Å². The van der Waals surface area contributed by atoms with Crippen molar-refractivity contribution in [2.45, 2.75) is 65.6 Å². The number of allylic oxidation sites excluding steroid dienone is 2. The first-order valence-corrected chi connectivity index (χ1v) is 11.2. The van der Waals surface area contributed by atoms with Gasteiger partial charge >= 0.3 is 5.97 Å². The zero-order valence-corrected chi connectivity index (χ0v) is 16.0. The van der Waals surface area contributed by atoms with Gasteiger partial charge in [0.15, 0.2) is 8.32 Å². The van der Waals surface area contributed by atoms with Crippen LogP contribution in [0.15, 0.2) is 24.3 Å². The van der Waals surface area contributed by atoms with Gasteiger partial charge in [-0.2, -0.15) is 0 Å². The maximum absolute atomic E-state index is 11.6. The average Bonchev–Trinajstić information content (AvgIpc) is 2.53. The lowest BCUT2D eigenvalue weighted by Gasteiger charge is -2.31. The van der Waals surface area contributed by atoms with Crippen molar-refractivity contribution in [2.75, 3.05) is 6.61 Å². The van der Waals surface area contributed by atoms with Crippen molar-refractivity contribution in [3.8, 4) is 0 Å². The molecule has 0 spiro atoms. The SMILES string of the molecule is CC/C=C/C(CO[Si](CC)(CC)CC)C(/C=C/CC)C(=O)O. The zero-order valence-electron chi connectivity index (χ0n) is 15.0. The summed E-state index contributed by atoms with van der Waals surface area (Å²) in [5.41, 5.74) is 0. The van der Waals surface area contributed by atoms with Gasteiger partial charge in [0.05, 0.1) is 5.92 Å². The highest BCUT2D eigenvalue weighted by Crippen LogP contribution is 2.25. The highest BCUT2D eigenvalue weighted by atomic mass is 28.4. The Hall–Kier alpha value is -0.873. The molecule has 0 fully saturated rings. The summed E-state index contributed by atoms with van der Waals surface area (Å²) < 4.78 is 6.34. The molecule has 2 unspecified atom stereocenters. The second-order valence-corrected chi connectivity index (χ2v) is 10.5. The van der Waals surface area contributed by atoms with E-state index in [9.17, 15) is 9.90 Å². The molecule has 0 aromatic rings. The van der Waals surface area contributed by atoms with E-state index < -0.39 is 20.2 Å². The van der Waals surface area contributed by atoms with Crippen LogP contribution < -0.4 is 0 Å². The van der Waals surface area contributed by atoms with Gasteiger partial charge in [0.1, 0.15) is 0 Å². The maximum atomic E-state index is 11.6. The Kier molecular flexibility index (Phi) is 11.2. The van der Waals surface area contributed by atoms with E-state index in [4.69, 9.17) is 4.43 Å². The molecule has 3 nitrogen and oxygen atoms in total. The summed E-state index contributed by atoms with van der Waals surface area (Å²) in [6, 6.07) is 3.27. The lowest BCUT2D eigenvalue weighted by Crippen LogP contribution is -2.38. The Morgan fingerprint density at radius 3 is 1.91 bits per heavy atom.